The highest BCUT2D eigenvalue weighted by molar-refractivity contribution is 5.98. The summed E-state index contributed by atoms with van der Waals surface area (Å²) >= 11 is 0. The number of ketones is 1. The fourth-order valence-electron chi connectivity index (χ4n) is 6.03. The van der Waals surface area contributed by atoms with Gasteiger partial charge in [-0.1, -0.05) is 31.4 Å². The Bertz CT molecular complexity index is 774. The number of Topliss-reactive ketones (excluding diaryl/α,β-unsaturated/α-hetero) is 1. The summed E-state index contributed by atoms with van der Waals surface area (Å²) in [4.78, 5) is 19.7. The van der Waals surface area contributed by atoms with Crippen LogP contribution in [0.2, 0.25) is 0 Å². The van der Waals surface area contributed by atoms with Crippen LogP contribution in [-0.2, 0) is 0 Å². The number of benzene rings is 1. The molecular weight excluding hydrogens is 384 g/mol. The molecule has 0 bridgehead atoms. The Kier molecular flexibility index (Phi) is 7.65. The van der Waals surface area contributed by atoms with Gasteiger partial charge in [0.25, 0.3) is 0 Å². The number of carbonyl (C=O) groups is 1. The molecule has 0 amide bonds. The van der Waals surface area contributed by atoms with Crippen molar-refractivity contribution in [1.82, 2.24) is 4.90 Å². The summed E-state index contributed by atoms with van der Waals surface area (Å²) in [7, 11) is 0. The highest BCUT2D eigenvalue weighted by Crippen LogP contribution is 2.36. The average Bonchev–Trinajstić information content (AvgIpc) is 2.81. The first-order valence-electron chi connectivity index (χ1n) is 12.5. The topological polar surface area (TPSA) is 70.7 Å². The number of piperidine rings is 1. The molecule has 1 aromatic rings. The van der Waals surface area contributed by atoms with E-state index in [2.05, 4.69) is 16.3 Å². The third-order valence-electron chi connectivity index (χ3n) is 7.76. The van der Waals surface area contributed by atoms with Crippen LogP contribution in [0.25, 0.3) is 0 Å². The molecule has 0 radical (unpaired) electrons. The second-order valence-electron chi connectivity index (χ2n) is 10.0. The largest absolute Gasteiger partial charge is 0.339 e. The third kappa shape index (κ3) is 5.68. The lowest BCUT2D eigenvalue weighted by Gasteiger charge is -2.45. The molecule has 3 fully saturated rings. The Morgan fingerprint density at radius 2 is 1.90 bits per heavy atom. The van der Waals surface area contributed by atoms with Gasteiger partial charge in [-0.25, -0.2) is 0 Å². The molecule has 1 heterocycles. The van der Waals surface area contributed by atoms with Crippen LogP contribution in [0.4, 0.5) is 5.69 Å². The fourth-order valence-corrected chi connectivity index (χ4v) is 6.03. The molecule has 0 aromatic heterocycles. The lowest BCUT2D eigenvalue weighted by Crippen LogP contribution is -2.52. The zero-order valence-corrected chi connectivity index (χ0v) is 19.2. The quantitative estimate of drug-likeness (QED) is 0.393. The van der Waals surface area contributed by atoms with Crippen LogP contribution in [0.15, 0.2) is 29.3 Å². The first-order valence-corrected chi connectivity index (χ1v) is 12.5. The van der Waals surface area contributed by atoms with E-state index in [1.165, 1.54) is 64.2 Å². The molecule has 1 saturated heterocycles. The Labute approximate surface area is 187 Å². The molecule has 2 saturated carbocycles. The van der Waals surface area contributed by atoms with Crippen molar-refractivity contribution in [3.63, 3.8) is 0 Å². The molecule has 1 aliphatic heterocycles. The normalized spacial score (nSPS) is 29.4. The van der Waals surface area contributed by atoms with E-state index < -0.39 is 0 Å². The van der Waals surface area contributed by atoms with Gasteiger partial charge in [-0.15, -0.1) is 0 Å². The van der Waals surface area contributed by atoms with Crippen molar-refractivity contribution in [1.29, 1.82) is 0 Å². The minimum absolute atomic E-state index is 0.0995. The summed E-state index contributed by atoms with van der Waals surface area (Å²) < 4.78 is 0. The molecule has 1 aromatic carbocycles. The smallest absolute Gasteiger partial charge is 0.198 e. The fraction of sp³-hybridized carbons (Fsp3) is 0.692. The summed E-state index contributed by atoms with van der Waals surface area (Å²) in [5, 5.41) is 3.64. The third-order valence-corrected chi connectivity index (χ3v) is 7.76. The molecule has 4 atom stereocenters. The highest BCUT2D eigenvalue weighted by Gasteiger charge is 2.35. The summed E-state index contributed by atoms with van der Waals surface area (Å²) in [5.74, 6) is 3.22. The number of guanidine groups is 1. The predicted molar refractivity (Wildman–Crippen MR) is 129 cm³/mol. The van der Waals surface area contributed by atoms with E-state index in [1.807, 2.05) is 18.2 Å². The van der Waals surface area contributed by atoms with Gasteiger partial charge in [-0.05, 0) is 88.3 Å². The minimum Gasteiger partial charge on any atom is -0.339 e. The zero-order valence-electron chi connectivity index (χ0n) is 19.2. The molecular formula is C26H40N4O. The van der Waals surface area contributed by atoms with E-state index in [0.717, 1.165) is 42.8 Å². The van der Waals surface area contributed by atoms with E-state index in [-0.39, 0.29) is 5.78 Å². The van der Waals surface area contributed by atoms with Crippen molar-refractivity contribution in [2.75, 3.05) is 25.0 Å². The van der Waals surface area contributed by atoms with Crippen molar-refractivity contribution >= 4 is 17.4 Å². The van der Waals surface area contributed by atoms with Crippen molar-refractivity contribution in [3.05, 3.63) is 29.8 Å². The second-order valence-corrected chi connectivity index (χ2v) is 10.0. The van der Waals surface area contributed by atoms with Crippen LogP contribution < -0.4 is 11.1 Å². The average molecular weight is 425 g/mol. The number of aliphatic imine (C=N–C) groups is 1. The molecule has 3 N–H and O–H groups in total. The zero-order chi connectivity index (χ0) is 21.6. The molecule has 2 aliphatic carbocycles. The maximum absolute atomic E-state index is 11.9. The minimum atomic E-state index is 0.0995. The van der Waals surface area contributed by atoms with Gasteiger partial charge in [0.15, 0.2) is 11.7 Å². The number of anilines is 1. The monoisotopic (exact) mass is 424 g/mol. The molecule has 5 nitrogen and oxygen atoms in total. The van der Waals surface area contributed by atoms with Crippen LogP contribution >= 0.6 is 0 Å². The number of hydrogen-bond donors (Lipinski definition) is 2. The summed E-state index contributed by atoms with van der Waals surface area (Å²) in [6.07, 6.45) is 13.0. The SMILES string of the molecule is CC(=O)c1cccc(NC(=NCC2CCCC(CN)C2)N2CCCC3CCCCC32)c1. The first-order chi connectivity index (χ1) is 15.1. The molecule has 3 aliphatic rings. The number of rotatable bonds is 5. The standard InChI is InChI=1S/C26H40N4O/c1-19(31)23-10-5-12-24(16-23)29-26(28-18-21-8-4-7-20(15-21)17-27)30-14-6-11-22-9-2-3-13-25(22)30/h5,10,12,16,20-22,25H,2-4,6-9,11,13-15,17-18,27H2,1H3,(H,28,29). The van der Waals surface area contributed by atoms with Crippen LogP contribution in [0, 0.1) is 17.8 Å². The van der Waals surface area contributed by atoms with Gasteiger partial charge in [-0.3, -0.25) is 9.79 Å². The van der Waals surface area contributed by atoms with Crippen molar-refractivity contribution < 1.29 is 4.79 Å². The molecule has 4 rings (SSSR count). The van der Waals surface area contributed by atoms with Crippen molar-refractivity contribution in [2.24, 2.45) is 28.5 Å². The van der Waals surface area contributed by atoms with E-state index in [9.17, 15) is 4.79 Å². The summed E-state index contributed by atoms with van der Waals surface area (Å²) in [6, 6.07) is 8.47. The number of nitrogens with one attached hydrogen (secondary N) is 1. The Morgan fingerprint density at radius 1 is 1.10 bits per heavy atom. The van der Waals surface area contributed by atoms with E-state index >= 15 is 0 Å². The second kappa shape index (κ2) is 10.6. The van der Waals surface area contributed by atoms with Gasteiger partial charge < -0.3 is 16.0 Å². The van der Waals surface area contributed by atoms with E-state index in [0.29, 0.717) is 17.9 Å². The molecule has 170 valence electrons. The van der Waals surface area contributed by atoms with Gasteiger partial charge in [0.2, 0.25) is 0 Å². The van der Waals surface area contributed by atoms with E-state index in [1.54, 1.807) is 6.92 Å². The molecule has 0 spiro atoms. The first kappa shape index (κ1) is 22.3. The van der Waals surface area contributed by atoms with Gasteiger partial charge in [0.1, 0.15) is 0 Å². The van der Waals surface area contributed by atoms with Crippen LogP contribution in [0.1, 0.15) is 81.5 Å². The molecule has 4 unspecified atom stereocenters. The van der Waals surface area contributed by atoms with Crippen molar-refractivity contribution in [2.45, 2.75) is 77.2 Å². The number of carbonyl (C=O) groups excluding carboxylic acids is 1. The number of likely N-dealkylation sites (tertiary alicyclic amines) is 1. The summed E-state index contributed by atoms with van der Waals surface area (Å²) in [5.41, 5.74) is 7.68. The number of nitrogens with two attached hydrogens (primary N) is 1. The Hall–Kier alpha value is -1.88. The maximum Gasteiger partial charge on any atom is 0.198 e. The number of hydrogen-bond acceptors (Lipinski definition) is 3. The van der Waals surface area contributed by atoms with Crippen LogP contribution in [0.3, 0.4) is 0 Å². The predicted octanol–water partition coefficient (Wildman–Crippen LogP) is 5.08. The Morgan fingerprint density at radius 3 is 2.74 bits per heavy atom. The summed E-state index contributed by atoms with van der Waals surface area (Å²) in [6.45, 7) is 4.38. The number of fused-ring (bicyclic) bond motifs is 1. The van der Waals surface area contributed by atoms with Crippen LogP contribution in [0.5, 0.6) is 0 Å². The lowest BCUT2D eigenvalue weighted by molar-refractivity contribution is 0.101. The maximum atomic E-state index is 11.9. The van der Waals surface area contributed by atoms with E-state index in [4.69, 9.17) is 10.7 Å². The molecule has 31 heavy (non-hydrogen) atoms. The molecule has 5 heteroatoms. The van der Waals surface area contributed by atoms with Gasteiger partial charge in [0, 0.05) is 30.4 Å². The van der Waals surface area contributed by atoms with Gasteiger partial charge in [0.05, 0.1) is 0 Å². The Balaban J connectivity index is 1.55. The van der Waals surface area contributed by atoms with Crippen molar-refractivity contribution in [3.8, 4) is 0 Å². The van der Waals surface area contributed by atoms with Gasteiger partial charge >= 0.3 is 0 Å². The van der Waals surface area contributed by atoms with Crippen LogP contribution in [-0.4, -0.2) is 42.3 Å². The lowest BCUT2D eigenvalue weighted by atomic mass is 9.78. The van der Waals surface area contributed by atoms with Gasteiger partial charge in [-0.2, -0.15) is 0 Å². The number of nitrogens with zero attached hydrogens (tertiary/aromatic N) is 2. The highest BCUT2D eigenvalue weighted by atomic mass is 16.1.